The number of nitrogens with zero attached hydrogens (tertiary/aromatic N) is 1. The Balaban J connectivity index is 3.01. The molecule has 1 atom stereocenters. The van der Waals surface area contributed by atoms with E-state index in [-0.39, 0.29) is 0 Å². The second kappa shape index (κ2) is 5.10. The zero-order valence-electron chi connectivity index (χ0n) is 8.90. The molecule has 1 rings (SSSR count). The lowest BCUT2D eigenvalue weighted by molar-refractivity contribution is 0.342. The first-order chi connectivity index (χ1) is 6.72. The van der Waals surface area contributed by atoms with Crippen LogP contribution in [-0.2, 0) is 0 Å². The summed E-state index contributed by atoms with van der Waals surface area (Å²) in [5.41, 5.74) is 1.01. The summed E-state index contributed by atoms with van der Waals surface area (Å²) in [6, 6.07) is 3.84. The summed E-state index contributed by atoms with van der Waals surface area (Å²) in [7, 11) is 3.20. The summed E-state index contributed by atoms with van der Waals surface area (Å²) in [6.07, 6.45) is 2.06. The maximum atomic E-state index is 5.13. The van der Waals surface area contributed by atoms with E-state index in [1.54, 1.807) is 26.0 Å². The van der Waals surface area contributed by atoms with Gasteiger partial charge in [-0.3, -0.25) is 0 Å². The summed E-state index contributed by atoms with van der Waals surface area (Å²) in [4.78, 5) is 4.36. The molecule has 0 fully saturated rings. The molecule has 4 heteroatoms. The van der Waals surface area contributed by atoms with E-state index in [1.165, 1.54) is 0 Å². The van der Waals surface area contributed by atoms with Crippen LogP contribution in [0.5, 0.6) is 11.6 Å². The monoisotopic (exact) mass is 213 g/mol. The Morgan fingerprint density at radius 2 is 2.00 bits per heavy atom. The van der Waals surface area contributed by atoms with Crippen molar-refractivity contribution in [2.45, 2.75) is 12.2 Å². The molecule has 0 saturated heterocycles. The number of thioether (sulfide) groups is 1. The van der Waals surface area contributed by atoms with Gasteiger partial charge in [0.2, 0.25) is 0 Å². The highest BCUT2D eigenvalue weighted by Gasteiger charge is 2.10. The van der Waals surface area contributed by atoms with Gasteiger partial charge in [-0.15, -0.1) is 0 Å². The Hall–Kier alpha value is -0.900. The lowest BCUT2D eigenvalue weighted by atomic mass is 10.3. The fraction of sp³-hybridized carbons (Fsp3) is 0.500. The third-order valence-corrected chi connectivity index (χ3v) is 2.98. The Bertz CT molecular complexity index is 304. The SMILES string of the molecule is COc1ccc(C(C)SC)nc1OC. The number of ether oxygens (including phenoxy) is 2. The van der Waals surface area contributed by atoms with Gasteiger partial charge < -0.3 is 9.47 Å². The summed E-state index contributed by atoms with van der Waals surface area (Å²) >= 11 is 1.75. The normalized spacial score (nSPS) is 12.3. The number of methoxy groups -OCH3 is 2. The second-order valence-corrected chi connectivity index (χ2v) is 4.00. The van der Waals surface area contributed by atoms with Gasteiger partial charge in [-0.05, 0) is 25.3 Å². The van der Waals surface area contributed by atoms with Gasteiger partial charge in [0, 0.05) is 5.25 Å². The number of hydrogen-bond acceptors (Lipinski definition) is 4. The first-order valence-corrected chi connectivity index (χ1v) is 5.63. The number of aromatic nitrogens is 1. The van der Waals surface area contributed by atoms with E-state index < -0.39 is 0 Å². The molecule has 0 spiro atoms. The molecule has 3 nitrogen and oxygen atoms in total. The van der Waals surface area contributed by atoms with Crippen molar-refractivity contribution in [3.8, 4) is 11.6 Å². The molecule has 0 bridgehead atoms. The Morgan fingerprint density at radius 1 is 1.29 bits per heavy atom. The summed E-state index contributed by atoms with van der Waals surface area (Å²) in [6.45, 7) is 2.11. The molecule has 1 aromatic heterocycles. The van der Waals surface area contributed by atoms with Crippen LogP contribution in [0.1, 0.15) is 17.9 Å². The molecule has 0 amide bonds. The molecule has 0 N–H and O–H groups in total. The average Bonchev–Trinajstić information content (AvgIpc) is 2.26. The molecule has 1 heterocycles. The van der Waals surface area contributed by atoms with Gasteiger partial charge >= 0.3 is 0 Å². The minimum atomic E-state index is 0.370. The molecule has 0 aliphatic heterocycles. The number of pyridine rings is 1. The van der Waals surface area contributed by atoms with Gasteiger partial charge in [-0.1, -0.05) is 0 Å². The Kier molecular flexibility index (Phi) is 4.07. The third kappa shape index (κ3) is 2.32. The van der Waals surface area contributed by atoms with E-state index in [4.69, 9.17) is 9.47 Å². The molecule has 1 aromatic rings. The number of hydrogen-bond donors (Lipinski definition) is 0. The summed E-state index contributed by atoms with van der Waals surface area (Å²) in [5, 5.41) is 0.370. The van der Waals surface area contributed by atoms with Gasteiger partial charge in [0.1, 0.15) is 0 Å². The molecular weight excluding hydrogens is 198 g/mol. The zero-order valence-corrected chi connectivity index (χ0v) is 9.72. The highest BCUT2D eigenvalue weighted by atomic mass is 32.2. The highest BCUT2D eigenvalue weighted by Crippen LogP contribution is 2.30. The van der Waals surface area contributed by atoms with Crippen molar-refractivity contribution in [1.82, 2.24) is 4.98 Å². The van der Waals surface area contributed by atoms with Crippen LogP contribution in [0.3, 0.4) is 0 Å². The van der Waals surface area contributed by atoms with E-state index in [2.05, 4.69) is 18.2 Å². The van der Waals surface area contributed by atoms with Gasteiger partial charge in [0.05, 0.1) is 19.9 Å². The average molecular weight is 213 g/mol. The van der Waals surface area contributed by atoms with Crippen molar-refractivity contribution >= 4 is 11.8 Å². The summed E-state index contributed by atoms with van der Waals surface area (Å²) < 4.78 is 10.2. The predicted octanol–water partition coefficient (Wildman–Crippen LogP) is 2.52. The predicted molar refractivity (Wildman–Crippen MR) is 59.3 cm³/mol. The van der Waals surface area contributed by atoms with Crippen LogP contribution < -0.4 is 9.47 Å². The van der Waals surface area contributed by atoms with Crippen molar-refractivity contribution in [2.75, 3.05) is 20.5 Å². The van der Waals surface area contributed by atoms with Gasteiger partial charge in [-0.25, -0.2) is 4.98 Å². The molecule has 0 aliphatic rings. The van der Waals surface area contributed by atoms with Crippen molar-refractivity contribution in [2.24, 2.45) is 0 Å². The minimum absolute atomic E-state index is 0.370. The van der Waals surface area contributed by atoms with Crippen LogP contribution in [-0.4, -0.2) is 25.5 Å². The molecular formula is C10H15NO2S. The fourth-order valence-corrected chi connectivity index (χ4v) is 1.46. The van der Waals surface area contributed by atoms with Crippen molar-refractivity contribution in [1.29, 1.82) is 0 Å². The van der Waals surface area contributed by atoms with E-state index in [0.717, 1.165) is 5.69 Å². The van der Waals surface area contributed by atoms with Crippen molar-refractivity contribution in [3.05, 3.63) is 17.8 Å². The van der Waals surface area contributed by atoms with E-state index >= 15 is 0 Å². The molecule has 78 valence electrons. The highest BCUT2D eigenvalue weighted by molar-refractivity contribution is 7.98. The molecule has 1 unspecified atom stereocenters. The maximum absolute atomic E-state index is 5.13. The molecule has 0 aromatic carbocycles. The first-order valence-electron chi connectivity index (χ1n) is 4.34. The van der Waals surface area contributed by atoms with Gasteiger partial charge in [-0.2, -0.15) is 11.8 Å². The van der Waals surface area contributed by atoms with Crippen LogP contribution >= 0.6 is 11.8 Å². The summed E-state index contributed by atoms with van der Waals surface area (Å²) in [5.74, 6) is 1.22. The second-order valence-electron chi connectivity index (χ2n) is 2.83. The minimum Gasteiger partial charge on any atom is -0.491 e. The standard InChI is InChI=1S/C10H15NO2S/c1-7(14-4)8-5-6-9(12-2)10(11-8)13-3/h5-7H,1-4H3. The first kappa shape index (κ1) is 11.2. The van der Waals surface area contributed by atoms with E-state index in [0.29, 0.717) is 16.9 Å². The van der Waals surface area contributed by atoms with Crippen LogP contribution in [0.15, 0.2) is 12.1 Å². The van der Waals surface area contributed by atoms with Crippen LogP contribution in [0, 0.1) is 0 Å². The van der Waals surface area contributed by atoms with Crippen molar-refractivity contribution < 1.29 is 9.47 Å². The van der Waals surface area contributed by atoms with Gasteiger partial charge in [0.15, 0.2) is 5.75 Å². The number of rotatable bonds is 4. The Morgan fingerprint density at radius 3 is 2.50 bits per heavy atom. The maximum Gasteiger partial charge on any atom is 0.256 e. The van der Waals surface area contributed by atoms with Crippen LogP contribution in [0.25, 0.3) is 0 Å². The third-order valence-electron chi connectivity index (χ3n) is 2.03. The fourth-order valence-electron chi connectivity index (χ4n) is 1.09. The smallest absolute Gasteiger partial charge is 0.256 e. The molecule has 0 aliphatic carbocycles. The Labute approximate surface area is 88.8 Å². The lowest BCUT2D eigenvalue weighted by Gasteiger charge is -2.11. The lowest BCUT2D eigenvalue weighted by Crippen LogP contribution is -1.98. The molecule has 0 saturated carbocycles. The van der Waals surface area contributed by atoms with E-state index in [9.17, 15) is 0 Å². The van der Waals surface area contributed by atoms with Gasteiger partial charge in [0.25, 0.3) is 5.88 Å². The molecule has 0 radical (unpaired) electrons. The van der Waals surface area contributed by atoms with E-state index in [1.807, 2.05) is 12.1 Å². The topological polar surface area (TPSA) is 31.4 Å². The zero-order chi connectivity index (χ0) is 10.6. The van der Waals surface area contributed by atoms with Crippen LogP contribution in [0.4, 0.5) is 0 Å². The quantitative estimate of drug-likeness (QED) is 0.769. The van der Waals surface area contributed by atoms with Crippen LogP contribution in [0.2, 0.25) is 0 Å². The van der Waals surface area contributed by atoms with Crippen molar-refractivity contribution in [3.63, 3.8) is 0 Å². The largest absolute Gasteiger partial charge is 0.491 e. The molecule has 14 heavy (non-hydrogen) atoms.